The predicted octanol–water partition coefficient (Wildman–Crippen LogP) is 2.68. The first-order valence-electron chi connectivity index (χ1n) is 5.76. The molecule has 0 amide bonds. The van der Waals surface area contributed by atoms with Gasteiger partial charge in [0.15, 0.2) is 0 Å². The summed E-state index contributed by atoms with van der Waals surface area (Å²) in [5, 5.41) is 12.7. The Balaban J connectivity index is 1.84. The molecule has 1 aliphatic carbocycles. The molecule has 0 bridgehead atoms. The number of quaternary nitrogens is 1. The van der Waals surface area contributed by atoms with Crippen LogP contribution in [0, 0.1) is 11.1 Å². The molecule has 80 valence electrons. The molecule has 2 nitrogen and oxygen atoms in total. The quantitative estimate of drug-likeness (QED) is 0.535. The summed E-state index contributed by atoms with van der Waals surface area (Å²) in [6, 6.07) is 10.2. The third-order valence-electron chi connectivity index (χ3n) is 4.43. The molecule has 15 heavy (non-hydrogen) atoms. The Bertz CT molecular complexity index is 375. The Morgan fingerprint density at radius 1 is 1.40 bits per heavy atom. The van der Waals surface area contributed by atoms with Gasteiger partial charge in [0.25, 0.3) is 0 Å². The largest absolute Gasteiger partial charge is 0.632 e. The number of rotatable bonds is 2. The van der Waals surface area contributed by atoms with E-state index in [1.54, 1.807) is 0 Å². The zero-order chi connectivity index (χ0) is 10.5. The molecule has 1 unspecified atom stereocenters. The molecule has 0 radical (unpaired) electrons. The highest BCUT2D eigenvalue weighted by atomic mass is 16.6. The summed E-state index contributed by atoms with van der Waals surface area (Å²) >= 11 is 0. The van der Waals surface area contributed by atoms with Crippen LogP contribution in [-0.4, -0.2) is 16.7 Å². The summed E-state index contributed by atoms with van der Waals surface area (Å²) in [5.74, 6) is 0.707. The summed E-state index contributed by atoms with van der Waals surface area (Å²) in [4.78, 5) is 0. The molecule has 2 heteroatoms. The van der Waals surface area contributed by atoms with Crippen LogP contribution in [0.15, 0.2) is 30.3 Å². The van der Waals surface area contributed by atoms with Gasteiger partial charge in [-0.25, -0.2) is 0 Å². The van der Waals surface area contributed by atoms with Crippen molar-refractivity contribution < 1.29 is 4.65 Å². The average molecular weight is 203 g/mol. The van der Waals surface area contributed by atoms with Gasteiger partial charge in [-0.2, -0.15) is 0 Å². The number of fused-ring (bicyclic) bond motifs is 1. The molecule has 1 saturated heterocycles. The minimum absolute atomic E-state index is 0.0156. The van der Waals surface area contributed by atoms with Crippen LogP contribution in [0.3, 0.4) is 0 Å². The Labute approximate surface area is 90.7 Å². The Morgan fingerprint density at radius 2 is 2.13 bits per heavy atom. The second-order valence-corrected chi connectivity index (χ2v) is 5.30. The van der Waals surface area contributed by atoms with E-state index in [2.05, 4.69) is 19.1 Å². The topological polar surface area (TPSA) is 23.1 Å². The molecular weight excluding hydrogens is 186 g/mol. The third kappa shape index (κ3) is 1.25. The molecule has 0 N–H and O–H groups in total. The van der Waals surface area contributed by atoms with Crippen LogP contribution in [0.1, 0.15) is 25.3 Å². The second-order valence-electron chi connectivity index (χ2n) is 5.30. The number of hydroxylamine groups is 3. The van der Waals surface area contributed by atoms with Crippen molar-refractivity contribution in [1.29, 1.82) is 0 Å². The summed E-state index contributed by atoms with van der Waals surface area (Å²) in [5.41, 5.74) is 1.23. The summed E-state index contributed by atoms with van der Waals surface area (Å²) in [6.07, 6.45) is 2.27. The van der Waals surface area contributed by atoms with Crippen LogP contribution < -0.4 is 0 Å². The summed E-state index contributed by atoms with van der Waals surface area (Å²) < 4.78 is 0.0156. The Hall–Kier alpha value is -0.860. The van der Waals surface area contributed by atoms with Gasteiger partial charge in [-0.05, 0) is 6.92 Å². The lowest BCUT2D eigenvalue weighted by molar-refractivity contribution is -0.918. The molecule has 1 aliphatic heterocycles. The van der Waals surface area contributed by atoms with E-state index in [1.165, 1.54) is 5.56 Å². The number of piperidine rings is 1. The second kappa shape index (κ2) is 2.83. The lowest BCUT2D eigenvalue weighted by atomic mass is 10.2. The first-order valence-corrected chi connectivity index (χ1v) is 5.76. The van der Waals surface area contributed by atoms with Crippen LogP contribution in [0.5, 0.6) is 0 Å². The number of hydrogen-bond acceptors (Lipinski definition) is 1. The van der Waals surface area contributed by atoms with Gasteiger partial charge in [-0.3, -0.25) is 0 Å². The van der Waals surface area contributed by atoms with Crippen LogP contribution in [-0.2, 0) is 6.54 Å². The maximum absolute atomic E-state index is 12.7. The van der Waals surface area contributed by atoms with E-state index in [0.717, 1.165) is 19.4 Å². The van der Waals surface area contributed by atoms with E-state index in [1.807, 2.05) is 18.2 Å². The van der Waals surface area contributed by atoms with Crippen molar-refractivity contribution in [2.24, 2.45) is 5.92 Å². The van der Waals surface area contributed by atoms with Gasteiger partial charge in [0, 0.05) is 24.3 Å². The van der Waals surface area contributed by atoms with E-state index in [4.69, 9.17) is 0 Å². The van der Waals surface area contributed by atoms with Crippen molar-refractivity contribution in [3.8, 4) is 0 Å². The standard InChI is InChI=1S/C13H17NO/c1-13-9-12(13)7-8-14(13,15)10-11-5-3-2-4-6-11/h2-6,12H,7-10H2,1H3/t12-,13+,14?/m0/s1. The van der Waals surface area contributed by atoms with Crippen molar-refractivity contribution in [2.75, 3.05) is 6.54 Å². The molecule has 3 atom stereocenters. The molecule has 2 fully saturated rings. The van der Waals surface area contributed by atoms with E-state index < -0.39 is 0 Å². The summed E-state index contributed by atoms with van der Waals surface area (Å²) in [6.45, 7) is 3.64. The average Bonchev–Trinajstić information content (AvgIpc) is 2.84. The van der Waals surface area contributed by atoms with Crippen molar-refractivity contribution in [2.45, 2.75) is 31.8 Å². The Kier molecular flexibility index (Phi) is 1.77. The fourth-order valence-electron chi connectivity index (χ4n) is 3.11. The zero-order valence-electron chi connectivity index (χ0n) is 9.15. The van der Waals surface area contributed by atoms with Crippen LogP contribution in [0.25, 0.3) is 0 Å². The normalized spacial score (nSPS) is 42.7. The number of likely N-dealkylation sites (tertiary alicyclic amines) is 1. The minimum Gasteiger partial charge on any atom is -0.632 e. The van der Waals surface area contributed by atoms with Crippen LogP contribution >= 0.6 is 0 Å². The van der Waals surface area contributed by atoms with Gasteiger partial charge in [-0.1, -0.05) is 30.3 Å². The minimum atomic E-state index is 0.0156. The predicted molar refractivity (Wildman–Crippen MR) is 59.8 cm³/mol. The van der Waals surface area contributed by atoms with Crippen molar-refractivity contribution in [3.05, 3.63) is 41.1 Å². The highest BCUT2D eigenvalue weighted by molar-refractivity contribution is 5.15. The molecule has 1 saturated carbocycles. The maximum atomic E-state index is 12.7. The molecule has 1 aromatic carbocycles. The molecule has 0 spiro atoms. The zero-order valence-corrected chi connectivity index (χ0v) is 9.15. The van der Waals surface area contributed by atoms with Gasteiger partial charge in [0.2, 0.25) is 0 Å². The van der Waals surface area contributed by atoms with Gasteiger partial charge < -0.3 is 9.85 Å². The molecule has 1 heterocycles. The number of benzene rings is 1. The number of hydrogen-bond donors (Lipinski definition) is 0. The van der Waals surface area contributed by atoms with Crippen LogP contribution in [0.4, 0.5) is 0 Å². The molecular formula is C13H17NO. The maximum Gasteiger partial charge on any atom is 0.105 e. The lowest BCUT2D eigenvalue weighted by Crippen LogP contribution is -2.48. The van der Waals surface area contributed by atoms with Gasteiger partial charge in [0.1, 0.15) is 12.1 Å². The SMILES string of the molecule is C[C@@]12C[C@@H]1CC[N+]2([O-])Cc1ccccc1. The smallest absolute Gasteiger partial charge is 0.105 e. The van der Waals surface area contributed by atoms with Crippen molar-refractivity contribution >= 4 is 0 Å². The number of nitrogens with zero attached hydrogens (tertiary/aromatic N) is 1. The first kappa shape index (κ1) is 9.37. The van der Waals surface area contributed by atoms with Crippen molar-refractivity contribution in [1.82, 2.24) is 0 Å². The summed E-state index contributed by atoms with van der Waals surface area (Å²) in [7, 11) is 0. The van der Waals surface area contributed by atoms with E-state index >= 15 is 0 Å². The molecule has 3 rings (SSSR count). The molecule has 2 aliphatic rings. The van der Waals surface area contributed by atoms with E-state index in [0.29, 0.717) is 12.5 Å². The molecule has 1 aromatic rings. The van der Waals surface area contributed by atoms with Gasteiger partial charge in [0.05, 0.1) is 6.54 Å². The fourth-order valence-corrected chi connectivity index (χ4v) is 3.11. The lowest BCUT2D eigenvalue weighted by Gasteiger charge is -2.46. The van der Waals surface area contributed by atoms with Crippen LogP contribution in [0.2, 0.25) is 0 Å². The van der Waals surface area contributed by atoms with Gasteiger partial charge >= 0.3 is 0 Å². The first-order chi connectivity index (χ1) is 7.14. The van der Waals surface area contributed by atoms with Gasteiger partial charge in [-0.15, -0.1) is 0 Å². The van der Waals surface area contributed by atoms with E-state index in [-0.39, 0.29) is 10.2 Å². The van der Waals surface area contributed by atoms with E-state index in [9.17, 15) is 5.21 Å². The fraction of sp³-hybridized carbons (Fsp3) is 0.538. The van der Waals surface area contributed by atoms with Crippen molar-refractivity contribution in [3.63, 3.8) is 0 Å². The third-order valence-corrected chi connectivity index (χ3v) is 4.43. The Morgan fingerprint density at radius 3 is 2.67 bits per heavy atom. The highest BCUT2D eigenvalue weighted by Crippen LogP contribution is 2.59. The molecule has 0 aromatic heterocycles. The monoisotopic (exact) mass is 203 g/mol. The highest BCUT2D eigenvalue weighted by Gasteiger charge is 2.65.